The van der Waals surface area contributed by atoms with Crippen LogP contribution in [0.15, 0.2) is 41.1 Å². The van der Waals surface area contributed by atoms with E-state index in [4.69, 9.17) is 4.74 Å². The number of benzene rings is 1. The maximum Gasteiger partial charge on any atom is 0.339 e. The number of halogens is 1. The average molecular weight is 293 g/mol. The Balaban J connectivity index is 1.76. The van der Waals surface area contributed by atoms with E-state index in [-0.39, 0.29) is 19.0 Å². The molecule has 0 aliphatic heterocycles. The summed E-state index contributed by atoms with van der Waals surface area (Å²) in [6.07, 6.45) is 0. The Bertz CT molecular complexity index is 598. The molecule has 0 unspecified atom stereocenters. The minimum absolute atomic E-state index is 0.0571. The van der Waals surface area contributed by atoms with Gasteiger partial charge in [-0.1, -0.05) is 18.2 Å². The molecular weight excluding hydrogens is 281 g/mol. The molecule has 6 heteroatoms. The highest BCUT2D eigenvalue weighted by Gasteiger charge is 2.10. The largest absolute Gasteiger partial charge is 0.452 e. The SMILES string of the molecule is O=C(COC(=O)c1ccsc1)NCc1ccccc1F. The van der Waals surface area contributed by atoms with E-state index in [0.717, 1.165) is 0 Å². The van der Waals surface area contributed by atoms with Gasteiger partial charge in [-0.05, 0) is 17.5 Å². The van der Waals surface area contributed by atoms with Crippen molar-refractivity contribution in [3.8, 4) is 0 Å². The van der Waals surface area contributed by atoms with Crippen LogP contribution in [0, 0.1) is 5.82 Å². The number of carbonyl (C=O) groups is 2. The quantitative estimate of drug-likeness (QED) is 0.861. The molecule has 104 valence electrons. The predicted octanol–water partition coefficient (Wildman–Crippen LogP) is 2.36. The molecule has 2 aromatic rings. The fourth-order valence-corrected chi connectivity index (χ4v) is 2.11. The topological polar surface area (TPSA) is 55.4 Å². The zero-order valence-electron chi connectivity index (χ0n) is 10.5. The van der Waals surface area contributed by atoms with Crippen molar-refractivity contribution in [2.75, 3.05) is 6.61 Å². The number of ether oxygens (including phenoxy) is 1. The van der Waals surface area contributed by atoms with Gasteiger partial charge in [-0.25, -0.2) is 9.18 Å². The van der Waals surface area contributed by atoms with Gasteiger partial charge in [0.05, 0.1) is 5.56 Å². The molecule has 1 amide bonds. The van der Waals surface area contributed by atoms with E-state index in [1.165, 1.54) is 17.4 Å². The number of thiophene rings is 1. The summed E-state index contributed by atoms with van der Waals surface area (Å²) in [5, 5.41) is 5.87. The van der Waals surface area contributed by atoms with E-state index in [2.05, 4.69) is 5.32 Å². The number of hydrogen-bond acceptors (Lipinski definition) is 4. The molecule has 2 rings (SSSR count). The summed E-state index contributed by atoms with van der Waals surface area (Å²) in [5.74, 6) is -1.41. The van der Waals surface area contributed by atoms with Crippen molar-refractivity contribution >= 4 is 23.2 Å². The highest BCUT2D eigenvalue weighted by Crippen LogP contribution is 2.07. The molecule has 20 heavy (non-hydrogen) atoms. The molecule has 0 saturated carbocycles. The van der Waals surface area contributed by atoms with E-state index < -0.39 is 11.9 Å². The second-order valence-electron chi connectivity index (χ2n) is 3.96. The van der Waals surface area contributed by atoms with Crippen molar-refractivity contribution in [1.29, 1.82) is 0 Å². The van der Waals surface area contributed by atoms with Gasteiger partial charge in [0.1, 0.15) is 5.82 Å². The summed E-state index contributed by atoms with van der Waals surface area (Å²) in [7, 11) is 0. The molecule has 1 heterocycles. The number of nitrogens with one attached hydrogen (secondary N) is 1. The summed E-state index contributed by atoms with van der Waals surface area (Å²) < 4.78 is 18.1. The third-order valence-corrected chi connectivity index (χ3v) is 3.21. The first-order valence-corrected chi connectivity index (χ1v) is 6.80. The van der Waals surface area contributed by atoms with E-state index >= 15 is 0 Å². The molecule has 0 saturated heterocycles. The maximum absolute atomic E-state index is 13.3. The lowest BCUT2D eigenvalue weighted by atomic mass is 10.2. The summed E-state index contributed by atoms with van der Waals surface area (Å²) >= 11 is 1.37. The van der Waals surface area contributed by atoms with Crippen LogP contribution in [0.2, 0.25) is 0 Å². The first-order valence-electron chi connectivity index (χ1n) is 5.86. The number of carbonyl (C=O) groups excluding carboxylic acids is 2. The summed E-state index contributed by atoms with van der Waals surface area (Å²) in [5.41, 5.74) is 0.793. The highest BCUT2D eigenvalue weighted by atomic mass is 32.1. The smallest absolute Gasteiger partial charge is 0.339 e. The predicted molar refractivity (Wildman–Crippen MR) is 72.8 cm³/mol. The van der Waals surface area contributed by atoms with Gasteiger partial charge in [0.2, 0.25) is 0 Å². The Morgan fingerprint density at radius 2 is 2.05 bits per heavy atom. The number of rotatable bonds is 5. The molecule has 0 spiro atoms. The van der Waals surface area contributed by atoms with Crippen LogP contribution in [-0.4, -0.2) is 18.5 Å². The zero-order chi connectivity index (χ0) is 14.4. The summed E-state index contributed by atoms with van der Waals surface area (Å²) in [4.78, 5) is 23.0. The van der Waals surface area contributed by atoms with E-state index in [9.17, 15) is 14.0 Å². The van der Waals surface area contributed by atoms with Crippen LogP contribution >= 0.6 is 11.3 Å². The van der Waals surface area contributed by atoms with Gasteiger partial charge in [-0.3, -0.25) is 4.79 Å². The number of amides is 1. The molecule has 0 aliphatic rings. The lowest BCUT2D eigenvalue weighted by Gasteiger charge is -2.06. The van der Waals surface area contributed by atoms with Crippen LogP contribution < -0.4 is 5.32 Å². The number of hydrogen-bond donors (Lipinski definition) is 1. The average Bonchev–Trinajstić information content (AvgIpc) is 2.98. The standard InChI is InChI=1S/C14H12FNO3S/c15-12-4-2-1-3-10(12)7-16-13(17)8-19-14(18)11-5-6-20-9-11/h1-6,9H,7-8H2,(H,16,17). The van der Waals surface area contributed by atoms with Gasteiger partial charge < -0.3 is 10.1 Å². The van der Waals surface area contributed by atoms with Crippen LogP contribution in [0.3, 0.4) is 0 Å². The third-order valence-electron chi connectivity index (χ3n) is 2.53. The third kappa shape index (κ3) is 3.89. The Kier molecular flexibility index (Phi) is 4.84. The molecule has 1 aromatic heterocycles. The van der Waals surface area contributed by atoms with E-state index in [1.54, 1.807) is 35.0 Å². The molecule has 1 N–H and O–H groups in total. The van der Waals surface area contributed by atoms with Crippen molar-refractivity contribution < 1.29 is 18.7 Å². The van der Waals surface area contributed by atoms with Gasteiger partial charge in [0, 0.05) is 17.5 Å². The van der Waals surface area contributed by atoms with Crippen molar-refractivity contribution in [1.82, 2.24) is 5.32 Å². The lowest BCUT2D eigenvalue weighted by Crippen LogP contribution is -2.28. The Morgan fingerprint density at radius 1 is 1.25 bits per heavy atom. The van der Waals surface area contributed by atoms with Gasteiger partial charge in [0.25, 0.3) is 5.91 Å². The summed E-state index contributed by atoms with van der Waals surface area (Å²) in [6.45, 7) is -0.329. The maximum atomic E-state index is 13.3. The Labute approximate surface area is 119 Å². The zero-order valence-corrected chi connectivity index (χ0v) is 11.3. The second kappa shape index (κ2) is 6.81. The van der Waals surface area contributed by atoms with Gasteiger partial charge in [-0.2, -0.15) is 11.3 Å². The van der Waals surface area contributed by atoms with Crippen LogP contribution in [0.4, 0.5) is 4.39 Å². The van der Waals surface area contributed by atoms with Crippen molar-refractivity contribution in [3.05, 3.63) is 58.0 Å². The molecule has 0 bridgehead atoms. The molecule has 1 aromatic carbocycles. The minimum atomic E-state index is -0.549. The molecule has 0 aliphatic carbocycles. The van der Waals surface area contributed by atoms with Crippen LogP contribution in [0.5, 0.6) is 0 Å². The molecular formula is C14H12FNO3S. The van der Waals surface area contributed by atoms with Crippen molar-refractivity contribution in [2.24, 2.45) is 0 Å². The summed E-state index contributed by atoms with van der Waals surface area (Å²) in [6, 6.07) is 7.76. The first kappa shape index (κ1) is 14.2. The fraction of sp³-hybridized carbons (Fsp3) is 0.143. The first-order chi connectivity index (χ1) is 9.66. The van der Waals surface area contributed by atoms with Gasteiger partial charge in [-0.15, -0.1) is 0 Å². The van der Waals surface area contributed by atoms with E-state index in [1.807, 2.05) is 0 Å². The lowest BCUT2D eigenvalue weighted by molar-refractivity contribution is -0.124. The Morgan fingerprint density at radius 3 is 2.75 bits per heavy atom. The van der Waals surface area contributed by atoms with Crippen LogP contribution in [0.1, 0.15) is 15.9 Å². The Hall–Kier alpha value is -2.21. The van der Waals surface area contributed by atoms with Gasteiger partial charge >= 0.3 is 5.97 Å². The highest BCUT2D eigenvalue weighted by molar-refractivity contribution is 7.08. The molecule has 4 nitrogen and oxygen atoms in total. The van der Waals surface area contributed by atoms with Gasteiger partial charge in [0.15, 0.2) is 6.61 Å². The second-order valence-corrected chi connectivity index (χ2v) is 4.74. The molecule has 0 fully saturated rings. The van der Waals surface area contributed by atoms with Crippen molar-refractivity contribution in [3.63, 3.8) is 0 Å². The van der Waals surface area contributed by atoms with Crippen molar-refractivity contribution in [2.45, 2.75) is 6.54 Å². The normalized spacial score (nSPS) is 10.1. The number of esters is 1. The molecule has 0 atom stereocenters. The molecule has 0 radical (unpaired) electrons. The minimum Gasteiger partial charge on any atom is -0.452 e. The van der Waals surface area contributed by atoms with Crippen LogP contribution in [-0.2, 0) is 16.1 Å². The fourth-order valence-electron chi connectivity index (χ4n) is 1.48. The van der Waals surface area contributed by atoms with Crippen LogP contribution in [0.25, 0.3) is 0 Å². The van der Waals surface area contributed by atoms with E-state index in [0.29, 0.717) is 11.1 Å². The monoisotopic (exact) mass is 293 g/mol.